The van der Waals surface area contributed by atoms with Crippen molar-refractivity contribution in [2.24, 2.45) is 5.41 Å². The highest BCUT2D eigenvalue weighted by molar-refractivity contribution is 5.47. The summed E-state index contributed by atoms with van der Waals surface area (Å²) in [6, 6.07) is 4.69. The first-order valence-electron chi connectivity index (χ1n) is 5.45. The van der Waals surface area contributed by atoms with Gasteiger partial charge < -0.3 is 19.9 Å². The molecule has 1 fully saturated rings. The molecule has 0 amide bonds. The lowest BCUT2D eigenvalue weighted by Gasteiger charge is -2.40. The van der Waals surface area contributed by atoms with Crippen LogP contribution in [0.25, 0.3) is 0 Å². The Balaban J connectivity index is 1.97. The molecule has 1 aliphatic heterocycles. The predicted octanol–water partition coefficient (Wildman–Crippen LogP) is 1.26. The third-order valence-electron chi connectivity index (χ3n) is 2.97. The van der Waals surface area contributed by atoms with Gasteiger partial charge in [0.25, 0.3) is 0 Å². The molecule has 94 valence electrons. The van der Waals surface area contributed by atoms with Gasteiger partial charge in [0.05, 0.1) is 32.3 Å². The Hall–Kier alpha value is -1.33. The van der Waals surface area contributed by atoms with E-state index in [-0.39, 0.29) is 17.8 Å². The average molecular weight is 241 g/mol. The van der Waals surface area contributed by atoms with Crippen LogP contribution in [-0.2, 0) is 4.74 Å². The van der Waals surface area contributed by atoms with Gasteiger partial charge >= 0.3 is 0 Å². The number of ether oxygens (including phenoxy) is 2. The Morgan fingerprint density at radius 1 is 1.53 bits per heavy atom. The van der Waals surface area contributed by atoms with Crippen molar-refractivity contribution in [1.29, 1.82) is 0 Å². The van der Waals surface area contributed by atoms with Crippen LogP contribution in [0.3, 0.4) is 0 Å². The lowest BCUT2D eigenvalue weighted by molar-refractivity contribution is -0.128. The van der Waals surface area contributed by atoms with Gasteiger partial charge in [0.15, 0.2) is 11.6 Å². The Kier molecular flexibility index (Phi) is 3.49. The van der Waals surface area contributed by atoms with Gasteiger partial charge in [0.2, 0.25) is 0 Å². The van der Waals surface area contributed by atoms with Crippen LogP contribution in [0.1, 0.15) is 0 Å². The van der Waals surface area contributed by atoms with Gasteiger partial charge in [0, 0.05) is 18.3 Å². The number of nitrogens with one attached hydrogen (secondary N) is 1. The quantitative estimate of drug-likeness (QED) is 0.814. The lowest BCUT2D eigenvalue weighted by atomic mass is 9.87. The third kappa shape index (κ3) is 2.50. The molecule has 1 aromatic rings. The van der Waals surface area contributed by atoms with Crippen molar-refractivity contribution in [3.8, 4) is 5.75 Å². The molecule has 2 N–H and O–H groups in total. The van der Waals surface area contributed by atoms with Gasteiger partial charge in [0.1, 0.15) is 0 Å². The fourth-order valence-corrected chi connectivity index (χ4v) is 1.71. The van der Waals surface area contributed by atoms with E-state index in [1.54, 1.807) is 12.1 Å². The fraction of sp³-hybridized carbons (Fsp3) is 0.500. The minimum Gasteiger partial charge on any atom is -0.494 e. The highest BCUT2D eigenvalue weighted by Gasteiger charge is 2.37. The molecule has 4 nitrogen and oxygen atoms in total. The zero-order chi connectivity index (χ0) is 12.3. The topological polar surface area (TPSA) is 50.7 Å². The molecule has 2 rings (SSSR count). The summed E-state index contributed by atoms with van der Waals surface area (Å²) in [5.41, 5.74) is 0.444. The van der Waals surface area contributed by atoms with Crippen molar-refractivity contribution in [1.82, 2.24) is 0 Å². The fourth-order valence-electron chi connectivity index (χ4n) is 1.71. The molecule has 5 heteroatoms. The van der Waals surface area contributed by atoms with E-state index in [0.717, 1.165) is 0 Å². The number of rotatable bonds is 5. The summed E-state index contributed by atoms with van der Waals surface area (Å²) < 4.78 is 23.3. The molecule has 0 unspecified atom stereocenters. The van der Waals surface area contributed by atoms with Crippen molar-refractivity contribution >= 4 is 5.69 Å². The second-order valence-electron chi connectivity index (χ2n) is 4.35. The zero-order valence-corrected chi connectivity index (χ0v) is 9.70. The molecule has 0 spiro atoms. The van der Waals surface area contributed by atoms with E-state index in [1.807, 2.05) is 0 Å². The van der Waals surface area contributed by atoms with Crippen molar-refractivity contribution in [3.63, 3.8) is 0 Å². The molecule has 0 bridgehead atoms. The second kappa shape index (κ2) is 4.89. The maximum atomic E-state index is 13.4. The van der Waals surface area contributed by atoms with Crippen molar-refractivity contribution < 1.29 is 19.0 Å². The first-order chi connectivity index (χ1) is 8.19. The molecule has 1 aliphatic rings. The summed E-state index contributed by atoms with van der Waals surface area (Å²) in [4.78, 5) is 0. The molecule has 0 radical (unpaired) electrons. The van der Waals surface area contributed by atoms with E-state index >= 15 is 0 Å². The summed E-state index contributed by atoms with van der Waals surface area (Å²) in [5, 5.41) is 12.3. The maximum absolute atomic E-state index is 13.4. The van der Waals surface area contributed by atoms with Crippen LogP contribution in [-0.4, -0.2) is 38.6 Å². The van der Waals surface area contributed by atoms with E-state index in [0.29, 0.717) is 25.4 Å². The van der Waals surface area contributed by atoms with E-state index in [2.05, 4.69) is 5.32 Å². The molecule has 1 aromatic carbocycles. The van der Waals surface area contributed by atoms with E-state index in [9.17, 15) is 9.50 Å². The Bertz CT molecular complexity index is 388. The summed E-state index contributed by atoms with van der Waals surface area (Å²) in [6.45, 7) is 1.71. The molecule has 0 aromatic heterocycles. The molecule has 1 saturated heterocycles. The van der Waals surface area contributed by atoms with Gasteiger partial charge in [-0.2, -0.15) is 0 Å². The largest absolute Gasteiger partial charge is 0.494 e. The highest BCUT2D eigenvalue weighted by Crippen LogP contribution is 2.28. The summed E-state index contributed by atoms with van der Waals surface area (Å²) in [7, 11) is 1.43. The van der Waals surface area contributed by atoms with Gasteiger partial charge in [-0.3, -0.25) is 0 Å². The van der Waals surface area contributed by atoms with Crippen LogP contribution >= 0.6 is 0 Å². The second-order valence-corrected chi connectivity index (χ2v) is 4.35. The van der Waals surface area contributed by atoms with Gasteiger partial charge in [-0.05, 0) is 12.1 Å². The number of aliphatic hydroxyl groups is 1. The number of benzene rings is 1. The molecule has 1 heterocycles. The van der Waals surface area contributed by atoms with E-state index in [1.165, 1.54) is 13.2 Å². The van der Waals surface area contributed by atoms with Gasteiger partial charge in [-0.1, -0.05) is 0 Å². The highest BCUT2D eigenvalue weighted by atomic mass is 19.1. The zero-order valence-electron chi connectivity index (χ0n) is 9.70. The van der Waals surface area contributed by atoms with Gasteiger partial charge in [-0.15, -0.1) is 0 Å². The monoisotopic (exact) mass is 241 g/mol. The molecular weight excluding hydrogens is 225 g/mol. The Morgan fingerprint density at radius 2 is 2.29 bits per heavy atom. The standard InChI is InChI=1S/C12H16FNO3/c1-16-11-3-2-9(4-10(11)13)14-5-12(6-15)7-17-8-12/h2-4,14-15H,5-8H2,1H3. The summed E-state index contributed by atoms with van der Waals surface area (Å²) in [5.74, 6) is -0.181. The number of halogens is 1. The van der Waals surface area contributed by atoms with E-state index < -0.39 is 5.82 Å². The summed E-state index contributed by atoms with van der Waals surface area (Å²) >= 11 is 0. The van der Waals surface area contributed by atoms with Gasteiger partial charge in [-0.25, -0.2) is 4.39 Å². The van der Waals surface area contributed by atoms with Crippen LogP contribution < -0.4 is 10.1 Å². The number of hydrogen-bond donors (Lipinski definition) is 2. The first-order valence-corrected chi connectivity index (χ1v) is 5.45. The predicted molar refractivity (Wildman–Crippen MR) is 61.8 cm³/mol. The van der Waals surface area contributed by atoms with E-state index in [4.69, 9.17) is 9.47 Å². The van der Waals surface area contributed by atoms with Crippen molar-refractivity contribution in [2.75, 3.05) is 38.8 Å². The van der Waals surface area contributed by atoms with Crippen LogP contribution in [0.15, 0.2) is 18.2 Å². The SMILES string of the molecule is COc1ccc(NCC2(CO)COC2)cc1F. The minimum absolute atomic E-state index is 0.0681. The molecular formula is C12H16FNO3. The number of methoxy groups -OCH3 is 1. The molecule has 0 atom stereocenters. The Labute approximate surface area is 99.4 Å². The van der Waals surface area contributed by atoms with Crippen LogP contribution in [0.4, 0.5) is 10.1 Å². The minimum atomic E-state index is -0.402. The third-order valence-corrected chi connectivity index (χ3v) is 2.97. The van der Waals surface area contributed by atoms with Crippen LogP contribution in [0.5, 0.6) is 5.75 Å². The molecule has 17 heavy (non-hydrogen) atoms. The number of hydrogen-bond acceptors (Lipinski definition) is 4. The average Bonchev–Trinajstić information content (AvgIpc) is 2.28. The lowest BCUT2D eigenvalue weighted by Crippen LogP contribution is -2.50. The molecule has 0 saturated carbocycles. The Morgan fingerprint density at radius 3 is 2.76 bits per heavy atom. The normalized spacial score (nSPS) is 17.4. The number of aliphatic hydroxyl groups excluding tert-OH is 1. The maximum Gasteiger partial charge on any atom is 0.167 e. The molecule has 0 aliphatic carbocycles. The first kappa shape index (κ1) is 12.1. The smallest absolute Gasteiger partial charge is 0.167 e. The van der Waals surface area contributed by atoms with Crippen LogP contribution in [0.2, 0.25) is 0 Å². The number of anilines is 1. The van der Waals surface area contributed by atoms with Crippen LogP contribution in [0, 0.1) is 11.2 Å². The van der Waals surface area contributed by atoms with Crippen molar-refractivity contribution in [2.45, 2.75) is 0 Å². The van der Waals surface area contributed by atoms with Crippen molar-refractivity contribution in [3.05, 3.63) is 24.0 Å². The summed E-state index contributed by atoms with van der Waals surface area (Å²) in [6.07, 6.45) is 0.